The third kappa shape index (κ3) is 5.49. The van der Waals surface area contributed by atoms with Gasteiger partial charge in [0, 0.05) is 25.3 Å². The number of alkyl halides is 2. The van der Waals surface area contributed by atoms with Gasteiger partial charge in [-0.15, -0.1) is 0 Å². The number of rotatable bonds is 6. The molecule has 0 bridgehead atoms. The third-order valence-electron chi connectivity index (χ3n) is 5.47. The first-order chi connectivity index (χ1) is 16.7. The van der Waals surface area contributed by atoms with Crippen molar-refractivity contribution in [3.63, 3.8) is 0 Å². The van der Waals surface area contributed by atoms with E-state index in [9.17, 15) is 23.5 Å². The summed E-state index contributed by atoms with van der Waals surface area (Å²) >= 11 is 0. The van der Waals surface area contributed by atoms with Crippen molar-refractivity contribution in [3.8, 4) is 0 Å². The van der Waals surface area contributed by atoms with Crippen molar-refractivity contribution < 1.29 is 46.2 Å². The number of anilines is 2. The Morgan fingerprint density at radius 2 is 1.91 bits per heavy atom. The van der Waals surface area contributed by atoms with Crippen LogP contribution in [0.4, 0.5) is 28.9 Å². The predicted octanol–water partition coefficient (Wildman–Crippen LogP) is 1.31. The van der Waals surface area contributed by atoms with Crippen LogP contribution in [0.5, 0.6) is 0 Å². The normalized spacial score (nSPS) is 20.9. The van der Waals surface area contributed by atoms with Crippen molar-refractivity contribution in [2.45, 2.75) is 18.9 Å². The van der Waals surface area contributed by atoms with E-state index in [-0.39, 0.29) is 56.5 Å². The molecule has 14 heteroatoms. The van der Waals surface area contributed by atoms with Crippen molar-refractivity contribution in [3.05, 3.63) is 47.9 Å². The zero-order valence-electron chi connectivity index (χ0n) is 18.2. The maximum Gasteiger partial charge on any atom is 0.315 e. The number of nitrogens with zero attached hydrogens (tertiary/aromatic N) is 3. The lowest BCUT2D eigenvalue weighted by molar-refractivity contribution is -0.133. The number of hydrogen-bond donors (Lipinski definition) is 2. The minimum absolute atomic E-state index is 0.0161. The second kappa shape index (κ2) is 10.5. The molecule has 2 N–H and O–H groups in total. The van der Waals surface area contributed by atoms with E-state index in [4.69, 9.17) is 14.0 Å². The molecule has 2 saturated heterocycles. The number of carbonyl (C=O) groups is 2. The first-order valence-electron chi connectivity index (χ1n) is 10.6. The first kappa shape index (κ1) is 24.8. The number of halogens is 4. The van der Waals surface area contributed by atoms with E-state index < -0.39 is 42.4 Å². The lowest BCUT2D eigenvalue weighted by Gasteiger charge is -2.26. The molecule has 0 radical (unpaired) electrons. The van der Waals surface area contributed by atoms with Gasteiger partial charge in [-0.1, -0.05) is 0 Å². The molecule has 1 unspecified atom stereocenters. The highest BCUT2D eigenvalue weighted by atomic mass is 19.3. The number of ether oxygens (including phenoxy) is 1. The Bertz CT molecular complexity index is 1030. The van der Waals surface area contributed by atoms with Gasteiger partial charge in [0.05, 0.1) is 32.1 Å². The van der Waals surface area contributed by atoms with Crippen LogP contribution < -0.4 is 15.1 Å². The van der Waals surface area contributed by atoms with Crippen LogP contribution in [0.3, 0.4) is 0 Å². The minimum Gasteiger partial charge on any atom is -0.459 e. The van der Waals surface area contributed by atoms with Crippen LogP contribution in [0.15, 0.2) is 34.9 Å². The molecule has 2 aliphatic rings. The number of aliphatic hydroxyl groups is 1. The number of amides is 2. The smallest absolute Gasteiger partial charge is 0.315 e. The van der Waals surface area contributed by atoms with Gasteiger partial charge in [-0.25, -0.2) is 13.8 Å². The summed E-state index contributed by atoms with van der Waals surface area (Å²) < 4.78 is 64.9. The van der Waals surface area contributed by atoms with Gasteiger partial charge in [0.15, 0.2) is 17.4 Å². The van der Waals surface area contributed by atoms with Gasteiger partial charge in [-0.05, 0) is 24.3 Å². The molecule has 2 aromatic rings. The Balaban J connectivity index is 1.42. The molecule has 3 heterocycles. The summed E-state index contributed by atoms with van der Waals surface area (Å²) in [5, 5.41) is 13.1. The van der Waals surface area contributed by atoms with E-state index >= 15 is 8.78 Å². The Morgan fingerprint density at radius 1 is 1.17 bits per heavy atom. The quantitative estimate of drug-likeness (QED) is 0.570. The summed E-state index contributed by atoms with van der Waals surface area (Å²) in [5.74, 6) is -3.79. The highest BCUT2D eigenvalue weighted by Gasteiger charge is 2.34. The largest absolute Gasteiger partial charge is 0.459 e. The molecule has 2 fully saturated rings. The Kier molecular flexibility index (Phi) is 7.42. The Hall–Kier alpha value is -3.36. The summed E-state index contributed by atoms with van der Waals surface area (Å²) in [7, 11) is 0. The molecule has 0 saturated carbocycles. The van der Waals surface area contributed by atoms with Crippen LogP contribution in [-0.4, -0.2) is 80.3 Å². The van der Waals surface area contributed by atoms with E-state index in [2.05, 4.69) is 0 Å². The molecule has 1 aromatic carbocycles. The van der Waals surface area contributed by atoms with Gasteiger partial charge in [0.2, 0.25) is 6.41 Å². The van der Waals surface area contributed by atoms with E-state index in [1.165, 1.54) is 17.2 Å². The molecule has 4 rings (SSSR count). The van der Waals surface area contributed by atoms with Crippen molar-refractivity contribution in [2.75, 3.05) is 49.1 Å². The fourth-order valence-electron chi connectivity index (χ4n) is 3.81. The molecule has 2 aliphatic heterocycles. The van der Waals surface area contributed by atoms with Gasteiger partial charge >= 0.3 is 12.3 Å². The molecule has 190 valence electrons. The number of nitrogens with one attached hydrogen (secondary N) is 1. The highest BCUT2D eigenvalue weighted by molar-refractivity contribution is 5.90. The molecule has 0 spiro atoms. The van der Waals surface area contributed by atoms with Gasteiger partial charge in [-0.2, -0.15) is 8.78 Å². The molecule has 2 amide bonds. The van der Waals surface area contributed by atoms with Crippen LogP contribution in [0.1, 0.15) is 10.6 Å². The second-order valence-corrected chi connectivity index (χ2v) is 7.75. The fourth-order valence-corrected chi connectivity index (χ4v) is 3.81. The molecule has 2 atom stereocenters. The van der Waals surface area contributed by atoms with Crippen LogP contribution in [0, 0.1) is 11.6 Å². The number of benzene rings is 1. The van der Waals surface area contributed by atoms with Crippen molar-refractivity contribution in [2.24, 2.45) is 0 Å². The third-order valence-corrected chi connectivity index (χ3v) is 5.47. The number of hydrogen-bond acceptors (Lipinski definition) is 8. The van der Waals surface area contributed by atoms with Gasteiger partial charge in [0.25, 0.3) is 5.91 Å². The fraction of sp³-hybridized carbons (Fsp3) is 0.429. The summed E-state index contributed by atoms with van der Waals surface area (Å²) in [6.07, 6.45) is -4.33. The second-order valence-electron chi connectivity index (χ2n) is 7.75. The van der Waals surface area contributed by atoms with E-state index in [0.29, 0.717) is 0 Å². The van der Waals surface area contributed by atoms with Gasteiger partial charge < -0.3 is 29.4 Å². The maximum atomic E-state index is 15.0. The van der Waals surface area contributed by atoms with Crippen LogP contribution >= 0.6 is 0 Å². The monoisotopic (exact) mass is 502 g/mol. The first-order valence-corrected chi connectivity index (χ1v) is 10.6. The summed E-state index contributed by atoms with van der Waals surface area (Å²) in [6, 6.07) is 5.03. The van der Waals surface area contributed by atoms with Crippen molar-refractivity contribution >= 4 is 23.2 Å². The van der Waals surface area contributed by atoms with Gasteiger partial charge in [-0.3, -0.25) is 14.4 Å². The minimum atomic E-state index is -3.20. The number of aliphatic hydroxyl groups excluding tert-OH is 1. The number of carbonyl (C=O) groups excluding carboxylic acids is 2. The van der Waals surface area contributed by atoms with Crippen molar-refractivity contribution in [1.29, 1.82) is 0 Å². The summed E-state index contributed by atoms with van der Waals surface area (Å²) in [4.78, 5) is 31.3. The highest BCUT2D eigenvalue weighted by Crippen LogP contribution is 2.32. The molecular weight excluding hydrogens is 480 g/mol. The zero-order chi connectivity index (χ0) is 25.1. The SMILES string of the molecule is O=C(NC[C@H]1CN(c2cc(F)c(N3CCON(C(=O)c4ccco4)CC3)c(F)c2)C(O)O1)C(F)F. The van der Waals surface area contributed by atoms with E-state index in [0.717, 1.165) is 22.1 Å². The van der Waals surface area contributed by atoms with Crippen LogP contribution in [0.25, 0.3) is 0 Å². The summed E-state index contributed by atoms with van der Waals surface area (Å²) in [6.45, 7) is -0.259. The molecule has 0 aliphatic carbocycles. The molecule has 10 nitrogen and oxygen atoms in total. The average molecular weight is 502 g/mol. The Labute approximate surface area is 196 Å². The topological polar surface area (TPSA) is 108 Å². The number of furan rings is 1. The molecule has 35 heavy (non-hydrogen) atoms. The average Bonchev–Trinajstić information content (AvgIpc) is 3.41. The van der Waals surface area contributed by atoms with Crippen LogP contribution in [-0.2, 0) is 14.4 Å². The van der Waals surface area contributed by atoms with E-state index in [1.807, 2.05) is 5.32 Å². The van der Waals surface area contributed by atoms with Gasteiger partial charge in [0.1, 0.15) is 5.69 Å². The zero-order valence-corrected chi connectivity index (χ0v) is 18.2. The van der Waals surface area contributed by atoms with E-state index in [1.54, 1.807) is 6.07 Å². The Morgan fingerprint density at radius 3 is 2.57 bits per heavy atom. The molecule has 1 aromatic heterocycles. The lowest BCUT2D eigenvalue weighted by atomic mass is 10.2. The molecular formula is C21H22F4N4O6. The van der Waals surface area contributed by atoms with Crippen molar-refractivity contribution in [1.82, 2.24) is 10.4 Å². The predicted molar refractivity (Wildman–Crippen MR) is 112 cm³/mol. The standard InChI is InChI=1S/C21H22F4N4O6/c22-14-8-12(28-11-13(35-21(28)32)10-26-19(30)18(24)25)9-15(23)17(14)27-3-4-29(34-7-5-27)20(31)16-2-1-6-33-16/h1-2,6,8-9,13,18,21,32H,3-5,7,10-11H2,(H,26,30)/t13-,21?/m0/s1. The number of hydroxylamine groups is 2. The van der Waals surface area contributed by atoms with Crippen LogP contribution in [0.2, 0.25) is 0 Å². The lowest BCUT2D eigenvalue weighted by Crippen LogP contribution is -2.37. The summed E-state index contributed by atoms with van der Waals surface area (Å²) in [5.41, 5.74) is -0.375. The maximum absolute atomic E-state index is 15.0.